The number of aromatic amines is 1. The summed E-state index contributed by atoms with van der Waals surface area (Å²) in [5.74, 6) is 1.29. The van der Waals surface area contributed by atoms with Crippen molar-refractivity contribution < 1.29 is 9.13 Å². The van der Waals surface area contributed by atoms with Crippen LogP contribution in [-0.4, -0.2) is 14.9 Å². The van der Waals surface area contributed by atoms with Crippen LogP contribution in [0.1, 0.15) is 30.3 Å². The van der Waals surface area contributed by atoms with Crippen molar-refractivity contribution >= 4 is 23.0 Å². The predicted molar refractivity (Wildman–Crippen MR) is 119 cm³/mol. The number of nitrogens with one attached hydrogen (secondary N) is 2. The lowest BCUT2D eigenvalue weighted by Gasteiger charge is -2.17. The van der Waals surface area contributed by atoms with Crippen LogP contribution in [0.25, 0.3) is 10.8 Å². The Morgan fingerprint density at radius 1 is 1.10 bits per heavy atom. The largest absolute Gasteiger partial charge is 0.488 e. The van der Waals surface area contributed by atoms with Gasteiger partial charge in [0.05, 0.1) is 6.54 Å². The summed E-state index contributed by atoms with van der Waals surface area (Å²) < 4.78 is 22.4. The van der Waals surface area contributed by atoms with Crippen LogP contribution in [0.15, 0.2) is 60.7 Å². The molecule has 0 aliphatic rings. The summed E-state index contributed by atoms with van der Waals surface area (Å²) >= 11 is 5.37. The van der Waals surface area contributed by atoms with Gasteiger partial charge in [0.15, 0.2) is 5.82 Å². The van der Waals surface area contributed by atoms with Crippen molar-refractivity contribution in [3.05, 3.63) is 88.2 Å². The lowest BCUT2D eigenvalue weighted by atomic mass is 10.0. The Hall–Kier alpha value is -3.19. The highest BCUT2D eigenvalue weighted by atomic mass is 32.1. The smallest absolute Gasteiger partial charge is 0.214 e. The number of fused-ring (bicyclic) bond motifs is 1. The van der Waals surface area contributed by atoms with Crippen molar-refractivity contribution in [2.75, 3.05) is 5.43 Å². The standard InChI is InChI=1S/C23H23FN4OS/c1-2-7-22-26-27-23(30)28(22)25-14-19-18-10-5-3-8-16(18)12-13-21(19)29-15-17-9-4-6-11-20(17)24/h3-6,8-13,25H,2,7,14-15H2,1H3,(H,27,30). The van der Waals surface area contributed by atoms with E-state index < -0.39 is 0 Å². The molecule has 0 amide bonds. The van der Waals surface area contributed by atoms with Gasteiger partial charge < -0.3 is 10.2 Å². The molecule has 0 unspecified atom stereocenters. The van der Waals surface area contributed by atoms with Gasteiger partial charge in [0.2, 0.25) is 4.77 Å². The van der Waals surface area contributed by atoms with Gasteiger partial charge in [-0.15, -0.1) is 0 Å². The fourth-order valence-corrected chi connectivity index (χ4v) is 3.66. The van der Waals surface area contributed by atoms with Gasteiger partial charge in [-0.2, -0.15) is 5.10 Å². The normalized spacial score (nSPS) is 11.0. The van der Waals surface area contributed by atoms with Gasteiger partial charge in [-0.3, -0.25) is 5.10 Å². The molecule has 0 aliphatic heterocycles. The molecule has 0 spiro atoms. The van der Waals surface area contributed by atoms with Crippen molar-refractivity contribution in [1.29, 1.82) is 0 Å². The summed E-state index contributed by atoms with van der Waals surface area (Å²) in [5, 5.41) is 9.32. The molecule has 3 aromatic carbocycles. The zero-order valence-corrected chi connectivity index (χ0v) is 17.5. The van der Waals surface area contributed by atoms with E-state index >= 15 is 0 Å². The summed E-state index contributed by atoms with van der Waals surface area (Å²) in [6.45, 7) is 2.74. The molecular weight excluding hydrogens is 399 g/mol. The number of aryl methyl sites for hydroxylation is 1. The molecule has 4 rings (SSSR count). The Balaban J connectivity index is 1.65. The third-order valence-corrected chi connectivity index (χ3v) is 5.24. The van der Waals surface area contributed by atoms with Gasteiger partial charge in [0.1, 0.15) is 18.2 Å². The van der Waals surface area contributed by atoms with Gasteiger partial charge in [0.25, 0.3) is 0 Å². The van der Waals surface area contributed by atoms with E-state index in [1.54, 1.807) is 22.9 Å². The topological polar surface area (TPSA) is 54.9 Å². The summed E-state index contributed by atoms with van der Waals surface area (Å²) in [4.78, 5) is 0. The molecule has 0 radical (unpaired) electrons. The van der Waals surface area contributed by atoms with Crippen molar-refractivity contribution in [2.45, 2.75) is 32.9 Å². The summed E-state index contributed by atoms with van der Waals surface area (Å²) in [6, 6.07) is 18.7. The number of halogens is 1. The first-order chi connectivity index (χ1) is 14.7. The van der Waals surface area contributed by atoms with Crippen LogP contribution in [0.4, 0.5) is 4.39 Å². The average Bonchev–Trinajstić information content (AvgIpc) is 3.11. The van der Waals surface area contributed by atoms with Gasteiger partial charge in [-0.1, -0.05) is 55.5 Å². The molecule has 7 heteroatoms. The monoisotopic (exact) mass is 422 g/mol. The van der Waals surface area contributed by atoms with E-state index in [0.29, 0.717) is 22.6 Å². The van der Waals surface area contributed by atoms with E-state index in [-0.39, 0.29) is 12.4 Å². The summed E-state index contributed by atoms with van der Waals surface area (Å²) in [6.07, 6.45) is 1.78. The molecule has 0 fully saturated rings. The van der Waals surface area contributed by atoms with E-state index in [9.17, 15) is 4.39 Å². The van der Waals surface area contributed by atoms with E-state index in [0.717, 1.165) is 35.0 Å². The maximum absolute atomic E-state index is 14.0. The zero-order valence-electron chi connectivity index (χ0n) is 16.7. The summed E-state index contributed by atoms with van der Waals surface area (Å²) in [7, 11) is 0. The SMILES string of the molecule is CCCc1n[nH]c(=S)n1NCc1c(OCc2ccccc2F)ccc2ccccc12. The number of benzene rings is 3. The minimum Gasteiger partial charge on any atom is -0.488 e. The number of hydrogen-bond donors (Lipinski definition) is 2. The maximum atomic E-state index is 14.0. The van der Waals surface area contributed by atoms with Crippen LogP contribution in [0.2, 0.25) is 0 Å². The Labute approximate surface area is 179 Å². The van der Waals surface area contributed by atoms with Gasteiger partial charge in [-0.25, -0.2) is 9.07 Å². The number of rotatable bonds is 8. The molecule has 5 nitrogen and oxygen atoms in total. The minimum atomic E-state index is -0.271. The molecule has 1 aromatic heterocycles. The molecule has 30 heavy (non-hydrogen) atoms. The molecule has 1 heterocycles. The Morgan fingerprint density at radius 2 is 1.90 bits per heavy atom. The number of ether oxygens (including phenoxy) is 1. The first kappa shape index (κ1) is 20.1. The maximum Gasteiger partial charge on any atom is 0.214 e. The minimum absolute atomic E-state index is 0.157. The zero-order chi connectivity index (χ0) is 20.9. The first-order valence-corrected chi connectivity index (χ1v) is 10.3. The number of nitrogens with zero attached hydrogens (tertiary/aromatic N) is 2. The van der Waals surface area contributed by atoms with Crippen LogP contribution in [0.3, 0.4) is 0 Å². The molecular formula is C23H23FN4OS. The van der Waals surface area contributed by atoms with Gasteiger partial charge in [-0.05, 0) is 41.5 Å². The second kappa shape index (κ2) is 9.09. The third kappa shape index (κ3) is 4.21. The molecule has 0 saturated heterocycles. The Morgan fingerprint density at radius 3 is 2.73 bits per heavy atom. The lowest BCUT2D eigenvalue weighted by Crippen LogP contribution is -2.18. The second-order valence-corrected chi connectivity index (χ2v) is 7.40. The highest BCUT2D eigenvalue weighted by molar-refractivity contribution is 7.71. The lowest BCUT2D eigenvalue weighted by molar-refractivity contribution is 0.297. The van der Waals surface area contributed by atoms with E-state index in [1.807, 2.05) is 24.3 Å². The highest BCUT2D eigenvalue weighted by Crippen LogP contribution is 2.29. The second-order valence-electron chi connectivity index (χ2n) is 7.01. The first-order valence-electron chi connectivity index (χ1n) is 9.94. The van der Waals surface area contributed by atoms with Crippen LogP contribution in [0.5, 0.6) is 5.75 Å². The molecule has 4 aromatic rings. The quantitative estimate of drug-likeness (QED) is 0.368. The van der Waals surface area contributed by atoms with Crippen LogP contribution in [0, 0.1) is 10.6 Å². The van der Waals surface area contributed by atoms with Crippen LogP contribution < -0.4 is 10.2 Å². The van der Waals surface area contributed by atoms with Crippen molar-refractivity contribution in [1.82, 2.24) is 14.9 Å². The average molecular weight is 423 g/mol. The van der Waals surface area contributed by atoms with Crippen LogP contribution in [-0.2, 0) is 19.6 Å². The van der Waals surface area contributed by atoms with Gasteiger partial charge >= 0.3 is 0 Å². The molecule has 0 atom stereocenters. The van der Waals surface area contributed by atoms with Crippen molar-refractivity contribution in [3.63, 3.8) is 0 Å². The molecule has 154 valence electrons. The summed E-state index contributed by atoms with van der Waals surface area (Å²) in [5.41, 5.74) is 4.87. The number of hydrogen-bond acceptors (Lipinski definition) is 4. The fourth-order valence-electron chi connectivity index (χ4n) is 3.45. The van der Waals surface area contributed by atoms with Crippen molar-refractivity contribution in [3.8, 4) is 5.75 Å². The predicted octanol–water partition coefficient (Wildman–Crippen LogP) is 5.51. The molecule has 2 N–H and O–H groups in total. The number of H-pyrrole nitrogens is 1. The molecule has 0 saturated carbocycles. The Bertz CT molecular complexity index is 1220. The van der Waals surface area contributed by atoms with Crippen molar-refractivity contribution in [2.24, 2.45) is 0 Å². The Kier molecular flexibility index (Phi) is 6.09. The van der Waals surface area contributed by atoms with Crippen LogP contribution >= 0.6 is 12.2 Å². The van der Waals surface area contributed by atoms with Gasteiger partial charge in [0, 0.05) is 17.5 Å². The van der Waals surface area contributed by atoms with E-state index in [1.165, 1.54) is 6.07 Å². The van der Waals surface area contributed by atoms with E-state index in [4.69, 9.17) is 17.0 Å². The highest BCUT2D eigenvalue weighted by Gasteiger charge is 2.12. The number of aromatic nitrogens is 3. The molecule has 0 aliphatic carbocycles. The molecule has 0 bridgehead atoms. The fraction of sp³-hybridized carbons (Fsp3) is 0.217. The third-order valence-electron chi connectivity index (χ3n) is 4.97. The van der Waals surface area contributed by atoms with E-state index in [2.05, 4.69) is 34.7 Å².